The molecule has 0 spiro atoms. The Morgan fingerprint density at radius 1 is 1.08 bits per heavy atom. The van der Waals surface area contributed by atoms with E-state index in [0.29, 0.717) is 19.6 Å². The fraction of sp³-hybridized carbons (Fsp3) is 0.900. The van der Waals surface area contributed by atoms with Crippen molar-refractivity contribution in [3.05, 3.63) is 0 Å². The molecular formula is C10H20O3. The van der Waals surface area contributed by atoms with Crippen molar-refractivity contribution in [2.24, 2.45) is 0 Å². The molecule has 3 nitrogen and oxygen atoms in total. The maximum absolute atomic E-state index is 10.9. The third-order valence-corrected chi connectivity index (χ3v) is 1.56. The van der Waals surface area contributed by atoms with Crippen LogP contribution in [0.25, 0.3) is 0 Å². The van der Waals surface area contributed by atoms with Gasteiger partial charge in [0.05, 0.1) is 19.6 Å². The lowest BCUT2D eigenvalue weighted by Gasteiger charge is -2.03. The van der Waals surface area contributed by atoms with Crippen molar-refractivity contribution in [2.45, 2.75) is 39.5 Å². The molecule has 0 aliphatic carbocycles. The molecule has 0 saturated heterocycles. The van der Waals surface area contributed by atoms with Gasteiger partial charge in [-0.3, -0.25) is 4.79 Å². The number of carbonyl (C=O) groups excluding carboxylic acids is 1. The number of rotatable bonds is 8. The normalized spacial score (nSPS) is 10.0. The molecule has 0 aromatic rings. The lowest BCUT2D eigenvalue weighted by Crippen LogP contribution is -2.09. The van der Waals surface area contributed by atoms with Crippen molar-refractivity contribution in [2.75, 3.05) is 19.8 Å². The van der Waals surface area contributed by atoms with Crippen LogP contribution in [0.15, 0.2) is 0 Å². The zero-order valence-corrected chi connectivity index (χ0v) is 8.67. The van der Waals surface area contributed by atoms with Crippen molar-refractivity contribution >= 4 is 5.97 Å². The molecule has 0 N–H and O–H groups in total. The second-order valence-corrected chi connectivity index (χ2v) is 2.94. The van der Waals surface area contributed by atoms with E-state index in [9.17, 15) is 4.79 Å². The number of esters is 1. The summed E-state index contributed by atoms with van der Waals surface area (Å²) < 4.78 is 10.1. The van der Waals surface area contributed by atoms with Gasteiger partial charge < -0.3 is 9.47 Å². The van der Waals surface area contributed by atoms with Crippen LogP contribution < -0.4 is 0 Å². The van der Waals surface area contributed by atoms with Gasteiger partial charge in [0.2, 0.25) is 0 Å². The first kappa shape index (κ1) is 12.4. The third kappa shape index (κ3) is 9.34. The van der Waals surface area contributed by atoms with Crippen LogP contribution in [0.3, 0.4) is 0 Å². The Morgan fingerprint density at radius 2 is 1.85 bits per heavy atom. The average molecular weight is 188 g/mol. The zero-order valence-electron chi connectivity index (χ0n) is 8.67. The maximum Gasteiger partial charge on any atom is 0.308 e. The van der Waals surface area contributed by atoms with E-state index < -0.39 is 0 Å². The van der Waals surface area contributed by atoms with Crippen molar-refractivity contribution in [1.82, 2.24) is 0 Å². The fourth-order valence-corrected chi connectivity index (χ4v) is 0.792. The Balaban J connectivity index is 3.08. The van der Waals surface area contributed by atoms with E-state index in [4.69, 9.17) is 9.47 Å². The molecule has 0 heterocycles. The highest BCUT2D eigenvalue weighted by molar-refractivity contribution is 5.69. The highest BCUT2D eigenvalue weighted by Crippen LogP contribution is 1.92. The van der Waals surface area contributed by atoms with Crippen LogP contribution in [0, 0.1) is 0 Å². The first-order valence-electron chi connectivity index (χ1n) is 5.04. The second-order valence-electron chi connectivity index (χ2n) is 2.94. The molecule has 0 atom stereocenters. The molecule has 0 fully saturated rings. The van der Waals surface area contributed by atoms with Gasteiger partial charge in [-0.25, -0.2) is 0 Å². The van der Waals surface area contributed by atoms with E-state index in [1.54, 1.807) is 0 Å². The maximum atomic E-state index is 10.9. The fourth-order valence-electron chi connectivity index (χ4n) is 0.792. The molecule has 0 aliphatic rings. The van der Waals surface area contributed by atoms with E-state index in [1.165, 1.54) is 0 Å². The minimum Gasteiger partial charge on any atom is -0.466 e. The number of hydrogen-bond acceptors (Lipinski definition) is 3. The minimum absolute atomic E-state index is 0.154. The van der Waals surface area contributed by atoms with Gasteiger partial charge in [-0.05, 0) is 12.8 Å². The molecule has 0 amide bonds. The van der Waals surface area contributed by atoms with Crippen molar-refractivity contribution in [3.8, 4) is 0 Å². The molecule has 0 radical (unpaired) electrons. The van der Waals surface area contributed by atoms with Gasteiger partial charge in [0, 0.05) is 6.61 Å². The summed E-state index contributed by atoms with van der Waals surface area (Å²) >= 11 is 0. The topological polar surface area (TPSA) is 35.5 Å². The number of unbranched alkanes of at least 4 members (excludes halogenated alkanes) is 1. The molecule has 0 unspecified atom stereocenters. The molecule has 78 valence electrons. The monoisotopic (exact) mass is 188 g/mol. The van der Waals surface area contributed by atoms with E-state index in [-0.39, 0.29) is 5.97 Å². The summed E-state index contributed by atoms with van der Waals surface area (Å²) in [7, 11) is 0. The standard InChI is InChI=1S/C10H20O3/c1-3-5-8-12-9-6-10(11)13-7-4-2/h3-9H2,1-2H3. The summed E-state index contributed by atoms with van der Waals surface area (Å²) in [4.78, 5) is 10.9. The molecule has 0 aliphatic heterocycles. The van der Waals surface area contributed by atoms with Gasteiger partial charge in [0.1, 0.15) is 0 Å². The Kier molecular flexibility index (Phi) is 9.10. The van der Waals surface area contributed by atoms with Crippen molar-refractivity contribution in [3.63, 3.8) is 0 Å². The van der Waals surface area contributed by atoms with Crippen LogP contribution >= 0.6 is 0 Å². The van der Waals surface area contributed by atoms with E-state index >= 15 is 0 Å². The van der Waals surface area contributed by atoms with E-state index in [2.05, 4.69) is 6.92 Å². The van der Waals surface area contributed by atoms with E-state index in [1.807, 2.05) is 6.92 Å². The molecular weight excluding hydrogens is 168 g/mol. The molecule has 0 rings (SSSR count). The van der Waals surface area contributed by atoms with Crippen molar-refractivity contribution < 1.29 is 14.3 Å². The highest BCUT2D eigenvalue weighted by Gasteiger charge is 2.00. The summed E-state index contributed by atoms with van der Waals surface area (Å²) in [5.41, 5.74) is 0. The predicted molar refractivity (Wildman–Crippen MR) is 51.6 cm³/mol. The van der Waals surface area contributed by atoms with Gasteiger partial charge in [-0.2, -0.15) is 0 Å². The number of carbonyl (C=O) groups is 1. The van der Waals surface area contributed by atoms with Crippen LogP contribution in [-0.2, 0) is 14.3 Å². The molecule has 0 saturated carbocycles. The second kappa shape index (κ2) is 9.52. The van der Waals surface area contributed by atoms with Gasteiger partial charge in [0.15, 0.2) is 0 Å². The number of ether oxygens (including phenoxy) is 2. The Hall–Kier alpha value is -0.570. The summed E-state index contributed by atoms with van der Waals surface area (Å²) in [5.74, 6) is -0.154. The molecule has 0 bridgehead atoms. The average Bonchev–Trinajstić information content (AvgIpc) is 2.14. The first-order chi connectivity index (χ1) is 6.31. The molecule has 3 heteroatoms. The Morgan fingerprint density at radius 3 is 2.46 bits per heavy atom. The number of hydrogen-bond donors (Lipinski definition) is 0. The zero-order chi connectivity index (χ0) is 9.94. The van der Waals surface area contributed by atoms with Crippen LogP contribution in [0.1, 0.15) is 39.5 Å². The van der Waals surface area contributed by atoms with Gasteiger partial charge in [-0.1, -0.05) is 20.3 Å². The van der Waals surface area contributed by atoms with Crippen molar-refractivity contribution in [1.29, 1.82) is 0 Å². The third-order valence-electron chi connectivity index (χ3n) is 1.56. The summed E-state index contributed by atoms with van der Waals surface area (Å²) in [6.45, 7) is 5.85. The Bertz CT molecular complexity index is 123. The Labute approximate surface area is 80.4 Å². The summed E-state index contributed by atoms with van der Waals surface area (Å²) in [5, 5.41) is 0. The predicted octanol–water partition coefficient (Wildman–Crippen LogP) is 2.15. The smallest absolute Gasteiger partial charge is 0.308 e. The quantitative estimate of drug-likeness (QED) is 0.432. The van der Waals surface area contributed by atoms with Crippen LogP contribution in [0.4, 0.5) is 0 Å². The summed E-state index contributed by atoms with van der Waals surface area (Å²) in [6, 6.07) is 0. The van der Waals surface area contributed by atoms with Gasteiger partial charge in [0.25, 0.3) is 0 Å². The minimum atomic E-state index is -0.154. The van der Waals surface area contributed by atoms with Gasteiger partial charge in [-0.15, -0.1) is 0 Å². The SMILES string of the molecule is CCCCOCCC(=O)OCCC. The van der Waals surface area contributed by atoms with Crippen LogP contribution in [0.5, 0.6) is 0 Å². The van der Waals surface area contributed by atoms with Crippen LogP contribution in [-0.4, -0.2) is 25.8 Å². The van der Waals surface area contributed by atoms with Gasteiger partial charge >= 0.3 is 5.97 Å². The lowest BCUT2D eigenvalue weighted by atomic mass is 10.4. The highest BCUT2D eigenvalue weighted by atomic mass is 16.5. The largest absolute Gasteiger partial charge is 0.466 e. The van der Waals surface area contributed by atoms with Crippen LogP contribution in [0.2, 0.25) is 0 Å². The first-order valence-corrected chi connectivity index (χ1v) is 5.04. The molecule has 0 aromatic carbocycles. The summed E-state index contributed by atoms with van der Waals surface area (Å²) in [6.07, 6.45) is 3.44. The molecule has 13 heavy (non-hydrogen) atoms. The molecule has 0 aromatic heterocycles. The lowest BCUT2D eigenvalue weighted by molar-refractivity contribution is -0.144. The van der Waals surface area contributed by atoms with E-state index in [0.717, 1.165) is 25.9 Å².